The van der Waals surface area contributed by atoms with Crippen molar-refractivity contribution in [2.75, 3.05) is 5.32 Å². The predicted octanol–water partition coefficient (Wildman–Crippen LogP) is 4.31. The van der Waals surface area contributed by atoms with Crippen molar-refractivity contribution in [3.8, 4) is 0 Å². The second-order valence-corrected chi connectivity index (χ2v) is 4.45. The van der Waals surface area contributed by atoms with Gasteiger partial charge in [0.15, 0.2) is 0 Å². The van der Waals surface area contributed by atoms with Gasteiger partial charge >= 0.3 is 0 Å². The summed E-state index contributed by atoms with van der Waals surface area (Å²) in [6.45, 7) is 4.55. The zero-order valence-electron chi connectivity index (χ0n) is 10.8. The van der Waals surface area contributed by atoms with E-state index in [9.17, 15) is 4.39 Å². The second-order valence-electron chi connectivity index (χ2n) is 4.45. The van der Waals surface area contributed by atoms with Crippen LogP contribution < -0.4 is 5.32 Å². The highest BCUT2D eigenvalue weighted by molar-refractivity contribution is 5.51. The minimum Gasteiger partial charge on any atom is -0.381 e. The van der Waals surface area contributed by atoms with E-state index < -0.39 is 0 Å². The zero-order chi connectivity index (χ0) is 13.0. The molecule has 0 spiro atoms. The number of nitrogens with one attached hydrogen (secondary N) is 1. The van der Waals surface area contributed by atoms with E-state index in [1.807, 2.05) is 24.3 Å². The summed E-state index contributed by atoms with van der Waals surface area (Å²) in [5.41, 5.74) is 4.06. The Morgan fingerprint density at radius 1 is 1.11 bits per heavy atom. The quantitative estimate of drug-likeness (QED) is 0.843. The number of benzene rings is 2. The Morgan fingerprint density at radius 3 is 2.61 bits per heavy atom. The van der Waals surface area contributed by atoms with Crippen LogP contribution in [-0.4, -0.2) is 0 Å². The number of halogens is 1. The Morgan fingerprint density at radius 2 is 1.89 bits per heavy atom. The number of aryl methyl sites for hydroxylation is 2. The van der Waals surface area contributed by atoms with E-state index in [2.05, 4.69) is 24.4 Å². The Labute approximate surface area is 108 Å². The van der Waals surface area contributed by atoms with Gasteiger partial charge in [0.1, 0.15) is 5.82 Å². The molecule has 0 saturated heterocycles. The molecule has 0 aliphatic carbocycles. The highest BCUT2D eigenvalue weighted by Gasteiger charge is 2.01. The largest absolute Gasteiger partial charge is 0.381 e. The Kier molecular flexibility index (Phi) is 3.98. The molecule has 2 heteroatoms. The van der Waals surface area contributed by atoms with E-state index in [1.165, 1.54) is 5.56 Å². The van der Waals surface area contributed by atoms with Gasteiger partial charge in [0, 0.05) is 12.2 Å². The smallest absolute Gasteiger partial charge is 0.126 e. The lowest BCUT2D eigenvalue weighted by molar-refractivity contribution is 0.616. The summed E-state index contributed by atoms with van der Waals surface area (Å²) in [6, 6.07) is 13.6. The Balaban J connectivity index is 2.09. The molecular formula is C16H18FN. The molecule has 1 nitrogen and oxygen atoms in total. The van der Waals surface area contributed by atoms with Crippen molar-refractivity contribution in [3.63, 3.8) is 0 Å². The molecule has 0 fully saturated rings. The van der Waals surface area contributed by atoms with Gasteiger partial charge in [-0.2, -0.15) is 0 Å². The van der Waals surface area contributed by atoms with Crippen molar-refractivity contribution in [2.45, 2.75) is 26.8 Å². The van der Waals surface area contributed by atoms with Crippen molar-refractivity contribution >= 4 is 5.69 Å². The molecule has 0 aromatic heterocycles. The maximum atomic E-state index is 13.4. The van der Waals surface area contributed by atoms with Gasteiger partial charge in [0.05, 0.1) is 0 Å². The third kappa shape index (κ3) is 2.89. The molecule has 0 radical (unpaired) electrons. The third-order valence-corrected chi connectivity index (χ3v) is 3.12. The summed E-state index contributed by atoms with van der Waals surface area (Å²) in [5, 5.41) is 3.36. The van der Waals surface area contributed by atoms with Crippen molar-refractivity contribution in [2.24, 2.45) is 0 Å². The van der Waals surface area contributed by atoms with Crippen molar-refractivity contribution < 1.29 is 4.39 Å². The first-order chi connectivity index (χ1) is 8.70. The third-order valence-electron chi connectivity index (χ3n) is 3.12. The van der Waals surface area contributed by atoms with E-state index in [0.717, 1.165) is 17.7 Å². The molecule has 0 unspecified atom stereocenters. The van der Waals surface area contributed by atoms with E-state index >= 15 is 0 Å². The molecular weight excluding hydrogens is 225 g/mol. The molecule has 0 heterocycles. The summed E-state index contributed by atoms with van der Waals surface area (Å²) in [6.07, 6.45) is 0.992. The summed E-state index contributed by atoms with van der Waals surface area (Å²) >= 11 is 0. The lowest BCUT2D eigenvalue weighted by Crippen LogP contribution is -2.02. The van der Waals surface area contributed by atoms with Crippen LogP contribution in [0.5, 0.6) is 0 Å². The Hall–Kier alpha value is -1.83. The standard InChI is InChI=1S/C16H18FN/c1-3-14-6-4-5-7-16(14)18-11-13-9-8-12(2)15(17)10-13/h4-10,18H,3,11H2,1-2H3. The fraction of sp³-hybridized carbons (Fsp3) is 0.250. The van der Waals surface area contributed by atoms with Crippen molar-refractivity contribution in [1.82, 2.24) is 0 Å². The van der Waals surface area contributed by atoms with E-state index in [0.29, 0.717) is 12.1 Å². The van der Waals surface area contributed by atoms with Crippen LogP contribution in [0.25, 0.3) is 0 Å². The van der Waals surface area contributed by atoms with Gasteiger partial charge in [-0.3, -0.25) is 0 Å². The van der Waals surface area contributed by atoms with Crippen LogP contribution >= 0.6 is 0 Å². The first kappa shape index (κ1) is 12.6. The molecule has 0 bridgehead atoms. The molecule has 0 amide bonds. The highest BCUT2D eigenvalue weighted by Crippen LogP contribution is 2.17. The molecule has 1 N–H and O–H groups in total. The molecule has 18 heavy (non-hydrogen) atoms. The normalized spacial score (nSPS) is 10.4. The van der Waals surface area contributed by atoms with Gasteiger partial charge < -0.3 is 5.32 Å². The number of rotatable bonds is 4. The molecule has 2 aromatic carbocycles. The predicted molar refractivity (Wildman–Crippen MR) is 74.3 cm³/mol. The minimum atomic E-state index is -0.141. The summed E-state index contributed by atoms with van der Waals surface area (Å²) < 4.78 is 13.4. The van der Waals surface area contributed by atoms with Gasteiger partial charge in [-0.25, -0.2) is 4.39 Å². The summed E-state index contributed by atoms with van der Waals surface area (Å²) in [4.78, 5) is 0. The minimum absolute atomic E-state index is 0.141. The van der Waals surface area contributed by atoms with Crippen LogP contribution in [0.3, 0.4) is 0 Å². The van der Waals surface area contributed by atoms with Crippen LogP contribution in [0.4, 0.5) is 10.1 Å². The topological polar surface area (TPSA) is 12.0 Å². The molecule has 0 saturated carbocycles. The van der Waals surface area contributed by atoms with Gasteiger partial charge in [-0.15, -0.1) is 0 Å². The lowest BCUT2D eigenvalue weighted by atomic mass is 10.1. The Bertz CT molecular complexity index is 534. The lowest BCUT2D eigenvalue weighted by Gasteiger charge is -2.11. The zero-order valence-corrected chi connectivity index (χ0v) is 10.8. The molecule has 2 aromatic rings. The first-order valence-electron chi connectivity index (χ1n) is 6.27. The van der Waals surface area contributed by atoms with Crippen LogP contribution in [0.1, 0.15) is 23.6 Å². The van der Waals surface area contributed by atoms with Crippen molar-refractivity contribution in [3.05, 3.63) is 65.0 Å². The van der Waals surface area contributed by atoms with Gasteiger partial charge in [0.25, 0.3) is 0 Å². The molecule has 0 atom stereocenters. The fourth-order valence-electron chi connectivity index (χ4n) is 1.94. The van der Waals surface area contributed by atoms with Crippen LogP contribution in [0, 0.1) is 12.7 Å². The maximum absolute atomic E-state index is 13.4. The first-order valence-corrected chi connectivity index (χ1v) is 6.27. The van der Waals surface area contributed by atoms with E-state index in [4.69, 9.17) is 0 Å². The highest BCUT2D eigenvalue weighted by atomic mass is 19.1. The van der Waals surface area contributed by atoms with E-state index in [1.54, 1.807) is 13.0 Å². The average Bonchev–Trinajstić information content (AvgIpc) is 2.40. The SMILES string of the molecule is CCc1ccccc1NCc1ccc(C)c(F)c1. The summed E-state index contributed by atoms with van der Waals surface area (Å²) in [7, 11) is 0. The van der Waals surface area contributed by atoms with E-state index in [-0.39, 0.29) is 5.82 Å². The van der Waals surface area contributed by atoms with Crippen LogP contribution in [0.15, 0.2) is 42.5 Å². The molecule has 0 aliphatic rings. The van der Waals surface area contributed by atoms with Gasteiger partial charge in [-0.1, -0.05) is 37.3 Å². The van der Waals surface area contributed by atoms with Crippen LogP contribution in [-0.2, 0) is 13.0 Å². The van der Waals surface area contributed by atoms with Gasteiger partial charge in [-0.05, 0) is 42.2 Å². The van der Waals surface area contributed by atoms with Crippen LogP contribution in [0.2, 0.25) is 0 Å². The molecule has 94 valence electrons. The molecule has 2 rings (SSSR count). The van der Waals surface area contributed by atoms with Crippen molar-refractivity contribution in [1.29, 1.82) is 0 Å². The number of anilines is 1. The average molecular weight is 243 g/mol. The summed E-state index contributed by atoms with van der Waals surface area (Å²) in [5.74, 6) is -0.141. The number of hydrogen-bond acceptors (Lipinski definition) is 1. The maximum Gasteiger partial charge on any atom is 0.126 e. The number of hydrogen-bond donors (Lipinski definition) is 1. The second kappa shape index (κ2) is 5.67. The van der Waals surface area contributed by atoms with Gasteiger partial charge in [0.2, 0.25) is 0 Å². The molecule has 0 aliphatic heterocycles. The monoisotopic (exact) mass is 243 g/mol. The number of para-hydroxylation sites is 1. The fourth-order valence-corrected chi connectivity index (χ4v) is 1.94.